The maximum absolute atomic E-state index is 13.4. The molecule has 0 aliphatic carbocycles. The van der Waals surface area contributed by atoms with E-state index in [1.165, 1.54) is 6.07 Å². The highest BCUT2D eigenvalue weighted by Gasteiger charge is 2.15. The summed E-state index contributed by atoms with van der Waals surface area (Å²) >= 11 is 0. The summed E-state index contributed by atoms with van der Waals surface area (Å²) in [5.41, 5.74) is 3.15. The van der Waals surface area contributed by atoms with Crippen molar-refractivity contribution in [1.82, 2.24) is 15.4 Å². The SMILES string of the molecule is CN=C(NCc1ccc(F)c(C)c1)NCc1ccccc1CS(=O)(=O)NC(C)C. The van der Waals surface area contributed by atoms with Crippen molar-refractivity contribution in [2.24, 2.45) is 4.99 Å². The third kappa shape index (κ3) is 7.47. The fraction of sp³-hybridized carbons (Fsp3) is 0.381. The molecule has 0 saturated carbocycles. The van der Waals surface area contributed by atoms with E-state index in [4.69, 9.17) is 0 Å². The lowest BCUT2D eigenvalue weighted by Crippen LogP contribution is -2.36. The van der Waals surface area contributed by atoms with E-state index in [-0.39, 0.29) is 17.6 Å². The van der Waals surface area contributed by atoms with Crippen molar-refractivity contribution in [3.63, 3.8) is 0 Å². The third-order valence-electron chi connectivity index (χ3n) is 4.23. The summed E-state index contributed by atoms with van der Waals surface area (Å²) in [5, 5.41) is 6.38. The highest BCUT2D eigenvalue weighted by molar-refractivity contribution is 7.88. The van der Waals surface area contributed by atoms with Crippen LogP contribution in [-0.4, -0.2) is 27.5 Å². The summed E-state index contributed by atoms with van der Waals surface area (Å²) in [4.78, 5) is 4.19. The lowest BCUT2D eigenvalue weighted by atomic mass is 10.1. The average Bonchev–Trinajstić information content (AvgIpc) is 2.64. The number of nitrogens with zero attached hydrogens (tertiary/aromatic N) is 1. The Labute approximate surface area is 172 Å². The second kappa shape index (κ2) is 10.4. The maximum Gasteiger partial charge on any atom is 0.216 e. The molecule has 6 nitrogen and oxygen atoms in total. The van der Waals surface area contributed by atoms with Gasteiger partial charge in [0.25, 0.3) is 0 Å². The van der Waals surface area contributed by atoms with Crippen LogP contribution in [-0.2, 0) is 28.9 Å². The fourth-order valence-corrected chi connectivity index (χ4v) is 4.37. The van der Waals surface area contributed by atoms with Gasteiger partial charge in [0, 0.05) is 26.2 Å². The van der Waals surface area contributed by atoms with Gasteiger partial charge in [-0.05, 0) is 49.1 Å². The summed E-state index contributed by atoms with van der Waals surface area (Å²) in [7, 11) is -1.75. The van der Waals surface area contributed by atoms with Gasteiger partial charge in [-0.3, -0.25) is 4.99 Å². The molecule has 2 rings (SSSR count). The predicted molar refractivity (Wildman–Crippen MR) is 116 cm³/mol. The van der Waals surface area contributed by atoms with Crippen LogP contribution >= 0.6 is 0 Å². The van der Waals surface area contributed by atoms with Gasteiger partial charge >= 0.3 is 0 Å². The predicted octanol–water partition coefficient (Wildman–Crippen LogP) is 2.83. The van der Waals surface area contributed by atoms with Crippen LogP contribution in [0.15, 0.2) is 47.5 Å². The summed E-state index contributed by atoms with van der Waals surface area (Å²) < 4.78 is 40.5. The van der Waals surface area contributed by atoms with E-state index in [9.17, 15) is 12.8 Å². The highest BCUT2D eigenvalue weighted by atomic mass is 32.2. The lowest BCUT2D eigenvalue weighted by Gasteiger charge is -2.15. The molecule has 0 bridgehead atoms. The van der Waals surface area contributed by atoms with Crippen molar-refractivity contribution in [2.75, 3.05) is 7.05 Å². The van der Waals surface area contributed by atoms with Gasteiger partial charge in [-0.2, -0.15) is 0 Å². The van der Waals surface area contributed by atoms with Crippen LogP contribution in [0, 0.1) is 12.7 Å². The highest BCUT2D eigenvalue weighted by Crippen LogP contribution is 2.13. The van der Waals surface area contributed by atoms with E-state index in [1.54, 1.807) is 40.0 Å². The Kier molecular flexibility index (Phi) is 8.16. The second-order valence-corrected chi connectivity index (χ2v) is 8.92. The molecule has 2 aromatic carbocycles. The van der Waals surface area contributed by atoms with Crippen molar-refractivity contribution in [3.8, 4) is 0 Å². The first-order valence-electron chi connectivity index (χ1n) is 9.46. The first kappa shape index (κ1) is 22.8. The summed E-state index contributed by atoms with van der Waals surface area (Å²) in [5.74, 6) is 0.268. The number of hydrogen-bond acceptors (Lipinski definition) is 3. The fourth-order valence-electron chi connectivity index (χ4n) is 2.88. The molecule has 0 atom stereocenters. The Morgan fingerprint density at radius 3 is 2.34 bits per heavy atom. The van der Waals surface area contributed by atoms with E-state index in [0.29, 0.717) is 24.6 Å². The molecular formula is C21H29FN4O2S. The molecular weight excluding hydrogens is 391 g/mol. The molecule has 0 fully saturated rings. The van der Waals surface area contributed by atoms with Crippen molar-refractivity contribution < 1.29 is 12.8 Å². The Hall–Kier alpha value is -2.45. The quantitative estimate of drug-likeness (QED) is 0.453. The molecule has 158 valence electrons. The molecule has 0 amide bonds. The molecule has 0 aromatic heterocycles. The van der Waals surface area contributed by atoms with Crippen LogP contribution in [0.1, 0.15) is 36.1 Å². The zero-order valence-electron chi connectivity index (χ0n) is 17.3. The van der Waals surface area contributed by atoms with Crippen LogP contribution in [0.3, 0.4) is 0 Å². The molecule has 0 aliphatic heterocycles. The van der Waals surface area contributed by atoms with Crippen LogP contribution < -0.4 is 15.4 Å². The zero-order chi connectivity index (χ0) is 21.4. The smallest absolute Gasteiger partial charge is 0.216 e. The van der Waals surface area contributed by atoms with E-state index in [0.717, 1.165) is 16.7 Å². The van der Waals surface area contributed by atoms with Gasteiger partial charge in [-0.1, -0.05) is 36.4 Å². The number of aryl methyl sites for hydroxylation is 1. The van der Waals surface area contributed by atoms with Gasteiger partial charge in [0.15, 0.2) is 5.96 Å². The number of benzene rings is 2. The monoisotopic (exact) mass is 420 g/mol. The number of hydrogen-bond donors (Lipinski definition) is 3. The van der Waals surface area contributed by atoms with Crippen molar-refractivity contribution in [1.29, 1.82) is 0 Å². The molecule has 2 aromatic rings. The van der Waals surface area contributed by atoms with E-state index >= 15 is 0 Å². The largest absolute Gasteiger partial charge is 0.352 e. The van der Waals surface area contributed by atoms with Gasteiger partial charge in [0.05, 0.1) is 5.75 Å². The van der Waals surface area contributed by atoms with Gasteiger partial charge in [0.2, 0.25) is 10.0 Å². The Morgan fingerprint density at radius 1 is 1.07 bits per heavy atom. The topological polar surface area (TPSA) is 82.6 Å². The first-order valence-corrected chi connectivity index (χ1v) is 11.1. The van der Waals surface area contributed by atoms with Crippen LogP contribution in [0.2, 0.25) is 0 Å². The molecule has 0 aliphatic rings. The van der Waals surface area contributed by atoms with Gasteiger partial charge in [-0.25, -0.2) is 17.5 Å². The van der Waals surface area contributed by atoms with Gasteiger partial charge in [-0.15, -0.1) is 0 Å². The molecule has 0 heterocycles. The minimum absolute atomic E-state index is 0.0794. The molecule has 0 radical (unpaired) electrons. The van der Waals surface area contributed by atoms with Crippen LogP contribution in [0.5, 0.6) is 0 Å². The molecule has 29 heavy (non-hydrogen) atoms. The Balaban J connectivity index is 1.99. The zero-order valence-corrected chi connectivity index (χ0v) is 18.1. The third-order valence-corrected chi connectivity index (χ3v) is 5.75. The molecule has 0 spiro atoms. The van der Waals surface area contributed by atoms with Gasteiger partial charge < -0.3 is 10.6 Å². The minimum atomic E-state index is -3.41. The maximum atomic E-state index is 13.4. The minimum Gasteiger partial charge on any atom is -0.352 e. The molecule has 0 unspecified atom stereocenters. The number of guanidine groups is 1. The molecule has 8 heteroatoms. The number of aliphatic imine (C=N–C) groups is 1. The van der Waals surface area contributed by atoms with Crippen molar-refractivity contribution >= 4 is 16.0 Å². The van der Waals surface area contributed by atoms with E-state index in [2.05, 4.69) is 20.3 Å². The van der Waals surface area contributed by atoms with Crippen LogP contribution in [0.4, 0.5) is 4.39 Å². The molecule has 0 saturated heterocycles. The number of sulfonamides is 1. The summed E-state index contributed by atoms with van der Waals surface area (Å²) in [6.07, 6.45) is 0. The number of rotatable bonds is 8. The van der Waals surface area contributed by atoms with Crippen molar-refractivity contribution in [3.05, 3.63) is 70.5 Å². The normalized spacial score (nSPS) is 12.3. The average molecular weight is 421 g/mol. The first-order chi connectivity index (χ1) is 13.7. The Bertz CT molecular complexity index is 959. The number of nitrogens with one attached hydrogen (secondary N) is 3. The molecule has 3 N–H and O–H groups in total. The summed E-state index contributed by atoms with van der Waals surface area (Å²) in [6, 6.07) is 12.2. The van der Waals surface area contributed by atoms with Crippen LogP contribution in [0.25, 0.3) is 0 Å². The standard InChI is InChI=1S/C21H29FN4O2S/c1-15(2)26-29(27,28)14-19-8-6-5-7-18(19)13-25-21(23-4)24-12-17-9-10-20(22)16(3)11-17/h5-11,15,26H,12-14H2,1-4H3,(H2,23,24,25). The summed E-state index contributed by atoms with van der Waals surface area (Å²) in [6.45, 7) is 6.24. The lowest BCUT2D eigenvalue weighted by molar-refractivity contribution is 0.568. The van der Waals surface area contributed by atoms with E-state index < -0.39 is 10.0 Å². The van der Waals surface area contributed by atoms with Crippen molar-refractivity contribution in [2.45, 2.75) is 45.7 Å². The number of halogens is 1. The van der Waals surface area contributed by atoms with E-state index in [1.807, 2.05) is 24.3 Å². The second-order valence-electron chi connectivity index (χ2n) is 7.16. The van der Waals surface area contributed by atoms with Gasteiger partial charge in [0.1, 0.15) is 5.82 Å². The Morgan fingerprint density at radius 2 is 1.72 bits per heavy atom.